The Kier molecular flexibility index (Phi) is 7.02. The average molecular weight is 308 g/mol. The fraction of sp³-hybridized carbons (Fsp3) is 0.400. The first-order valence-corrected chi connectivity index (χ1v) is 4.79. The number of ether oxygens (including phenoxy) is 2. The summed E-state index contributed by atoms with van der Waals surface area (Å²) in [6, 6.07) is 4.03. The monoisotopic (exact) mass is 307 g/mol. The molecule has 0 aliphatic rings. The highest BCUT2D eigenvalue weighted by Gasteiger charge is 2.30. The van der Waals surface area contributed by atoms with Crippen molar-refractivity contribution in [2.24, 2.45) is 5.73 Å². The van der Waals surface area contributed by atoms with Crippen molar-refractivity contribution in [1.82, 2.24) is 0 Å². The second-order valence-corrected chi connectivity index (χ2v) is 3.31. The van der Waals surface area contributed by atoms with Gasteiger partial charge in [0.15, 0.2) is 0 Å². The Morgan fingerprint density at radius 3 is 2.37 bits per heavy atom. The number of rotatable bonds is 5. The van der Waals surface area contributed by atoms with E-state index in [0.717, 1.165) is 6.07 Å². The lowest BCUT2D eigenvalue weighted by Crippen LogP contribution is -2.23. The first-order chi connectivity index (χ1) is 8.28. The predicted octanol–water partition coefficient (Wildman–Crippen LogP) is 3.25. The van der Waals surface area contributed by atoms with Gasteiger partial charge in [0.25, 0.3) is 0 Å². The maximum absolute atomic E-state index is 11.9. The molecule has 1 aromatic carbocycles. The van der Waals surface area contributed by atoms with Crippen molar-refractivity contribution in [3.8, 4) is 5.75 Å². The van der Waals surface area contributed by atoms with Gasteiger partial charge in [-0.25, -0.2) is 0 Å². The molecule has 0 aliphatic carbocycles. The lowest BCUT2D eigenvalue weighted by molar-refractivity contribution is -0.326. The molecule has 1 aromatic rings. The molecule has 0 radical (unpaired) electrons. The summed E-state index contributed by atoms with van der Waals surface area (Å²) in [6.07, 6.45) is -4.78. The Morgan fingerprint density at radius 1 is 1.21 bits per heavy atom. The summed E-state index contributed by atoms with van der Waals surface area (Å²) < 4.78 is 66.9. The fourth-order valence-electron chi connectivity index (χ4n) is 1.20. The topological polar surface area (TPSA) is 44.5 Å². The van der Waals surface area contributed by atoms with E-state index < -0.39 is 25.6 Å². The number of benzene rings is 1. The normalized spacial score (nSPS) is 13.0. The van der Waals surface area contributed by atoms with Crippen LogP contribution in [0.2, 0.25) is 0 Å². The molecule has 9 heteroatoms. The molecular formula is C10H11ClF5NO2. The number of halogens is 6. The minimum absolute atomic E-state index is 0. The zero-order chi connectivity index (χ0) is 13.8. The highest BCUT2D eigenvalue weighted by Crippen LogP contribution is 2.22. The quantitative estimate of drug-likeness (QED) is 0.849. The van der Waals surface area contributed by atoms with E-state index in [1.165, 1.54) is 18.2 Å². The van der Waals surface area contributed by atoms with Crippen molar-refractivity contribution >= 4 is 12.4 Å². The highest BCUT2D eigenvalue weighted by atomic mass is 35.5. The first-order valence-electron chi connectivity index (χ1n) is 4.79. The summed E-state index contributed by atoms with van der Waals surface area (Å²) in [7, 11) is 0. The zero-order valence-corrected chi connectivity index (χ0v) is 10.2. The maximum Gasteiger partial charge on any atom is 0.522 e. The SMILES string of the molecule is Cl.N[C@@H](COC(F)(F)F)c1cccc(OC(F)F)c1. The molecule has 0 fully saturated rings. The Hall–Kier alpha value is -1.12. The minimum Gasteiger partial charge on any atom is -0.435 e. The molecule has 0 aliphatic heterocycles. The van der Waals surface area contributed by atoms with Crippen molar-refractivity contribution in [3.05, 3.63) is 29.8 Å². The van der Waals surface area contributed by atoms with Crippen LogP contribution in [0.1, 0.15) is 11.6 Å². The van der Waals surface area contributed by atoms with Gasteiger partial charge in [-0.1, -0.05) is 12.1 Å². The molecule has 0 saturated carbocycles. The van der Waals surface area contributed by atoms with Gasteiger partial charge in [0.2, 0.25) is 0 Å². The van der Waals surface area contributed by atoms with Crippen LogP contribution in [0.5, 0.6) is 5.75 Å². The third-order valence-electron chi connectivity index (χ3n) is 1.94. The highest BCUT2D eigenvalue weighted by molar-refractivity contribution is 5.85. The maximum atomic E-state index is 11.9. The first kappa shape index (κ1) is 17.9. The van der Waals surface area contributed by atoms with Crippen molar-refractivity contribution in [3.63, 3.8) is 0 Å². The van der Waals surface area contributed by atoms with Crippen LogP contribution in [-0.4, -0.2) is 19.6 Å². The van der Waals surface area contributed by atoms with Gasteiger partial charge in [-0.05, 0) is 17.7 Å². The van der Waals surface area contributed by atoms with Gasteiger partial charge in [0.05, 0.1) is 12.6 Å². The van der Waals surface area contributed by atoms with Gasteiger partial charge < -0.3 is 10.5 Å². The Bertz CT molecular complexity index is 388. The summed E-state index contributed by atoms with van der Waals surface area (Å²) >= 11 is 0. The largest absolute Gasteiger partial charge is 0.522 e. The predicted molar refractivity (Wildman–Crippen MR) is 59.3 cm³/mol. The van der Waals surface area contributed by atoms with Crippen LogP contribution in [0, 0.1) is 0 Å². The van der Waals surface area contributed by atoms with Crippen LogP contribution in [0.25, 0.3) is 0 Å². The molecule has 0 aromatic heterocycles. The van der Waals surface area contributed by atoms with Gasteiger partial charge >= 0.3 is 13.0 Å². The molecule has 19 heavy (non-hydrogen) atoms. The van der Waals surface area contributed by atoms with E-state index in [1.54, 1.807) is 0 Å². The second-order valence-electron chi connectivity index (χ2n) is 3.31. The minimum atomic E-state index is -4.78. The number of hydrogen-bond donors (Lipinski definition) is 1. The van der Waals surface area contributed by atoms with Crippen molar-refractivity contribution in [2.45, 2.75) is 19.0 Å². The molecule has 3 nitrogen and oxygen atoms in total. The van der Waals surface area contributed by atoms with Gasteiger partial charge in [0.1, 0.15) is 5.75 Å². The molecule has 0 bridgehead atoms. The van der Waals surface area contributed by atoms with E-state index in [2.05, 4.69) is 9.47 Å². The van der Waals surface area contributed by atoms with Gasteiger partial charge in [-0.15, -0.1) is 25.6 Å². The van der Waals surface area contributed by atoms with Crippen LogP contribution in [-0.2, 0) is 4.74 Å². The van der Waals surface area contributed by atoms with Gasteiger partial charge in [-0.3, -0.25) is 4.74 Å². The van der Waals surface area contributed by atoms with Crippen LogP contribution in [0.4, 0.5) is 22.0 Å². The van der Waals surface area contributed by atoms with Crippen molar-refractivity contribution in [2.75, 3.05) is 6.61 Å². The molecule has 0 heterocycles. The smallest absolute Gasteiger partial charge is 0.435 e. The van der Waals surface area contributed by atoms with Crippen LogP contribution in [0.15, 0.2) is 24.3 Å². The van der Waals surface area contributed by atoms with Crippen LogP contribution >= 0.6 is 12.4 Å². The summed E-state index contributed by atoms with van der Waals surface area (Å²) in [4.78, 5) is 0. The van der Waals surface area contributed by atoms with Crippen LogP contribution < -0.4 is 10.5 Å². The Balaban J connectivity index is 0.00000324. The summed E-state index contributed by atoms with van der Waals surface area (Å²) in [6.45, 7) is -3.82. The second kappa shape index (κ2) is 7.46. The van der Waals surface area contributed by atoms with Crippen LogP contribution in [0.3, 0.4) is 0 Å². The summed E-state index contributed by atoms with van der Waals surface area (Å²) in [5.41, 5.74) is 5.64. The van der Waals surface area contributed by atoms with E-state index >= 15 is 0 Å². The lowest BCUT2D eigenvalue weighted by atomic mass is 10.1. The van der Waals surface area contributed by atoms with Gasteiger partial charge in [-0.2, -0.15) is 8.78 Å². The molecule has 1 rings (SSSR count). The molecule has 110 valence electrons. The molecule has 0 saturated heterocycles. The number of hydrogen-bond acceptors (Lipinski definition) is 3. The van der Waals surface area contributed by atoms with E-state index in [1.807, 2.05) is 0 Å². The molecule has 1 atom stereocenters. The standard InChI is InChI=1S/C10H10F5NO2.ClH/c11-9(12)18-7-3-1-2-6(4-7)8(16)5-17-10(13,14)15;/h1-4,8-9H,5,16H2;1H/t8-;/m0./s1. The van der Waals surface area contributed by atoms with Crippen molar-refractivity contribution < 1.29 is 31.4 Å². The Labute approximate surface area is 111 Å². The van der Waals surface area contributed by atoms with E-state index in [-0.39, 0.29) is 23.7 Å². The van der Waals surface area contributed by atoms with Gasteiger partial charge in [0, 0.05) is 0 Å². The fourth-order valence-corrected chi connectivity index (χ4v) is 1.20. The molecule has 2 N–H and O–H groups in total. The summed E-state index contributed by atoms with van der Waals surface area (Å²) in [5, 5.41) is 0. The van der Waals surface area contributed by atoms with E-state index in [0.29, 0.717) is 0 Å². The lowest BCUT2D eigenvalue weighted by Gasteiger charge is -2.15. The third-order valence-corrected chi connectivity index (χ3v) is 1.94. The molecule has 0 unspecified atom stereocenters. The van der Waals surface area contributed by atoms with E-state index in [9.17, 15) is 22.0 Å². The molecule has 0 amide bonds. The summed E-state index contributed by atoms with van der Waals surface area (Å²) in [5.74, 6) is -0.176. The van der Waals surface area contributed by atoms with E-state index in [4.69, 9.17) is 5.73 Å². The molecular weight excluding hydrogens is 297 g/mol. The average Bonchev–Trinajstić information content (AvgIpc) is 2.24. The zero-order valence-electron chi connectivity index (χ0n) is 9.36. The number of alkyl halides is 5. The molecule has 0 spiro atoms. The van der Waals surface area contributed by atoms with Crippen molar-refractivity contribution in [1.29, 1.82) is 0 Å². The third kappa shape index (κ3) is 7.14. The Morgan fingerprint density at radius 2 is 1.84 bits per heavy atom. The number of nitrogens with two attached hydrogens (primary N) is 1.